The van der Waals surface area contributed by atoms with E-state index in [2.05, 4.69) is 40.5 Å². The van der Waals surface area contributed by atoms with Crippen molar-refractivity contribution < 1.29 is 0 Å². The molecule has 1 aliphatic rings. The second-order valence-corrected chi connectivity index (χ2v) is 4.41. The molecule has 0 saturated carbocycles. The van der Waals surface area contributed by atoms with Crippen LogP contribution in [0.15, 0.2) is 6.07 Å². The second-order valence-electron chi connectivity index (χ2n) is 4.41. The zero-order valence-corrected chi connectivity index (χ0v) is 9.54. The molecule has 0 radical (unpaired) electrons. The number of aryl methyl sites for hydroxylation is 1. The lowest BCUT2D eigenvalue weighted by Crippen LogP contribution is -2.51. The Bertz CT molecular complexity index is 344. The van der Waals surface area contributed by atoms with E-state index < -0.39 is 0 Å². The summed E-state index contributed by atoms with van der Waals surface area (Å²) in [6, 6.07) is 2.54. The molecule has 1 fully saturated rings. The molecule has 0 spiro atoms. The van der Waals surface area contributed by atoms with Gasteiger partial charge >= 0.3 is 0 Å². The summed E-state index contributed by atoms with van der Waals surface area (Å²) in [6.07, 6.45) is 0. The van der Waals surface area contributed by atoms with Crippen molar-refractivity contribution in [3.05, 3.63) is 17.5 Å². The van der Waals surface area contributed by atoms with Gasteiger partial charge in [0, 0.05) is 24.5 Å². The summed E-state index contributed by atoms with van der Waals surface area (Å²) < 4.78 is 0. The quantitative estimate of drug-likeness (QED) is 0.782. The molecule has 82 valence electrons. The standard InChI is InChI=1S/C11H18N4/c1-7(2)10-4-8(3)13-11(15-10)14-9-5-12-6-9/h4,7,9,12H,5-6H2,1-3H3,(H,13,14,15). The first kappa shape index (κ1) is 10.4. The molecule has 1 aromatic rings. The first-order valence-corrected chi connectivity index (χ1v) is 5.48. The number of hydrogen-bond acceptors (Lipinski definition) is 4. The van der Waals surface area contributed by atoms with Crippen molar-refractivity contribution >= 4 is 5.95 Å². The van der Waals surface area contributed by atoms with Gasteiger partial charge in [-0.05, 0) is 18.9 Å². The number of aromatic nitrogens is 2. The van der Waals surface area contributed by atoms with Crippen LogP contribution in [-0.2, 0) is 0 Å². The molecule has 0 aromatic carbocycles. The van der Waals surface area contributed by atoms with Gasteiger partial charge in [0.25, 0.3) is 0 Å². The molecule has 0 amide bonds. The van der Waals surface area contributed by atoms with Gasteiger partial charge in [0.15, 0.2) is 0 Å². The van der Waals surface area contributed by atoms with Gasteiger partial charge in [0.1, 0.15) is 0 Å². The van der Waals surface area contributed by atoms with Crippen molar-refractivity contribution in [3.63, 3.8) is 0 Å². The maximum absolute atomic E-state index is 4.50. The summed E-state index contributed by atoms with van der Waals surface area (Å²) in [5.41, 5.74) is 2.14. The lowest BCUT2D eigenvalue weighted by Gasteiger charge is -2.28. The van der Waals surface area contributed by atoms with E-state index in [9.17, 15) is 0 Å². The van der Waals surface area contributed by atoms with E-state index in [1.165, 1.54) is 0 Å². The van der Waals surface area contributed by atoms with Gasteiger partial charge in [-0.25, -0.2) is 9.97 Å². The molecule has 4 heteroatoms. The Labute approximate surface area is 90.5 Å². The highest BCUT2D eigenvalue weighted by Crippen LogP contribution is 2.15. The summed E-state index contributed by atoms with van der Waals surface area (Å²) in [5, 5.41) is 6.55. The van der Waals surface area contributed by atoms with Crippen LogP contribution in [-0.4, -0.2) is 29.1 Å². The predicted molar refractivity (Wildman–Crippen MR) is 61.1 cm³/mol. The fourth-order valence-electron chi connectivity index (χ4n) is 1.53. The van der Waals surface area contributed by atoms with Crippen molar-refractivity contribution in [2.75, 3.05) is 18.4 Å². The number of anilines is 1. The van der Waals surface area contributed by atoms with Crippen LogP contribution < -0.4 is 10.6 Å². The molecule has 1 aliphatic heterocycles. The molecular formula is C11H18N4. The first-order valence-electron chi connectivity index (χ1n) is 5.48. The highest BCUT2D eigenvalue weighted by Gasteiger charge is 2.17. The lowest BCUT2D eigenvalue weighted by molar-refractivity contribution is 0.469. The van der Waals surface area contributed by atoms with Crippen LogP contribution in [0.4, 0.5) is 5.95 Å². The fourth-order valence-corrected chi connectivity index (χ4v) is 1.53. The van der Waals surface area contributed by atoms with Crippen molar-refractivity contribution in [1.29, 1.82) is 0 Å². The molecule has 2 rings (SSSR count). The molecule has 0 atom stereocenters. The molecule has 1 aromatic heterocycles. The van der Waals surface area contributed by atoms with Gasteiger partial charge in [0.05, 0.1) is 6.04 Å². The number of nitrogens with zero attached hydrogens (tertiary/aromatic N) is 2. The van der Waals surface area contributed by atoms with Crippen molar-refractivity contribution in [2.45, 2.75) is 32.7 Å². The van der Waals surface area contributed by atoms with E-state index in [1.807, 2.05) is 6.92 Å². The van der Waals surface area contributed by atoms with E-state index >= 15 is 0 Å². The normalized spacial score (nSPS) is 16.5. The smallest absolute Gasteiger partial charge is 0.223 e. The first-order chi connectivity index (χ1) is 7.15. The number of nitrogens with one attached hydrogen (secondary N) is 2. The van der Waals surface area contributed by atoms with Gasteiger partial charge in [-0.1, -0.05) is 13.8 Å². The Hall–Kier alpha value is -1.16. The van der Waals surface area contributed by atoms with Crippen LogP contribution >= 0.6 is 0 Å². The van der Waals surface area contributed by atoms with Crippen molar-refractivity contribution in [3.8, 4) is 0 Å². The Balaban J connectivity index is 2.15. The Morgan fingerprint density at radius 3 is 2.67 bits per heavy atom. The summed E-state index contributed by atoms with van der Waals surface area (Å²) in [5.74, 6) is 1.22. The van der Waals surface area contributed by atoms with E-state index in [0.29, 0.717) is 12.0 Å². The minimum Gasteiger partial charge on any atom is -0.349 e. The molecule has 15 heavy (non-hydrogen) atoms. The van der Waals surface area contributed by atoms with Gasteiger partial charge < -0.3 is 10.6 Å². The van der Waals surface area contributed by atoms with Gasteiger partial charge in [-0.15, -0.1) is 0 Å². The molecule has 0 aliphatic carbocycles. The third kappa shape index (κ3) is 2.45. The predicted octanol–water partition coefficient (Wildman–Crippen LogP) is 1.29. The van der Waals surface area contributed by atoms with Crippen LogP contribution in [0.1, 0.15) is 31.2 Å². The van der Waals surface area contributed by atoms with Crippen LogP contribution in [0.2, 0.25) is 0 Å². The Kier molecular flexibility index (Phi) is 2.86. The summed E-state index contributed by atoms with van der Waals surface area (Å²) in [4.78, 5) is 8.89. The average Bonchev–Trinajstić information content (AvgIpc) is 2.10. The van der Waals surface area contributed by atoms with E-state index in [1.54, 1.807) is 0 Å². The molecule has 4 nitrogen and oxygen atoms in total. The van der Waals surface area contributed by atoms with Crippen molar-refractivity contribution in [1.82, 2.24) is 15.3 Å². The highest BCUT2D eigenvalue weighted by molar-refractivity contribution is 5.31. The van der Waals surface area contributed by atoms with Gasteiger partial charge in [-0.2, -0.15) is 0 Å². The van der Waals surface area contributed by atoms with Gasteiger partial charge in [0.2, 0.25) is 5.95 Å². The van der Waals surface area contributed by atoms with E-state index in [0.717, 1.165) is 30.4 Å². The number of hydrogen-bond donors (Lipinski definition) is 2. The summed E-state index contributed by atoms with van der Waals surface area (Å²) in [6.45, 7) is 8.33. The fraction of sp³-hybridized carbons (Fsp3) is 0.636. The van der Waals surface area contributed by atoms with Crippen LogP contribution in [0.25, 0.3) is 0 Å². The maximum atomic E-state index is 4.50. The summed E-state index contributed by atoms with van der Waals surface area (Å²) >= 11 is 0. The van der Waals surface area contributed by atoms with E-state index in [-0.39, 0.29) is 0 Å². The third-order valence-corrected chi connectivity index (χ3v) is 2.58. The zero-order valence-electron chi connectivity index (χ0n) is 9.54. The topological polar surface area (TPSA) is 49.8 Å². The highest BCUT2D eigenvalue weighted by atomic mass is 15.2. The second kappa shape index (κ2) is 4.14. The minimum absolute atomic E-state index is 0.451. The van der Waals surface area contributed by atoms with Crippen LogP contribution in [0.3, 0.4) is 0 Å². The molecular weight excluding hydrogens is 188 g/mol. The summed E-state index contributed by atoms with van der Waals surface area (Å²) in [7, 11) is 0. The minimum atomic E-state index is 0.451. The lowest BCUT2D eigenvalue weighted by atomic mass is 10.1. The number of rotatable bonds is 3. The zero-order chi connectivity index (χ0) is 10.8. The average molecular weight is 206 g/mol. The van der Waals surface area contributed by atoms with Gasteiger partial charge in [-0.3, -0.25) is 0 Å². The van der Waals surface area contributed by atoms with Crippen molar-refractivity contribution in [2.24, 2.45) is 0 Å². The molecule has 2 heterocycles. The Morgan fingerprint density at radius 2 is 2.13 bits per heavy atom. The largest absolute Gasteiger partial charge is 0.349 e. The maximum Gasteiger partial charge on any atom is 0.223 e. The van der Waals surface area contributed by atoms with Crippen LogP contribution in [0.5, 0.6) is 0 Å². The molecule has 0 unspecified atom stereocenters. The molecule has 1 saturated heterocycles. The van der Waals surface area contributed by atoms with E-state index in [4.69, 9.17) is 0 Å². The molecule has 2 N–H and O–H groups in total. The Morgan fingerprint density at radius 1 is 1.40 bits per heavy atom. The monoisotopic (exact) mass is 206 g/mol. The SMILES string of the molecule is Cc1cc(C(C)C)nc(NC2CNC2)n1. The third-order valence-electron chi connectivity index (χ3n) is 2.58. The molecule has 0 bridgehead atoms. The van der Waals surface area contributed by atoms with Crippen LogP contribution in [0, 0.1) is 6.92 Å².